The Kier molecular flexibility index (Phi) is 4.75. The molecule has 1 aliphatic rings. The zero-order valence-corrected chi connectivity index (χ0v) is 15.3. The highest BCUT2D eigenvalue weighted by atomic mass is 32.2. The zero-order chi connectivity index (χ0) is 18.9. The molecule has 2 aromatic rings. The fourth-order valence-corrected chi connectivity index (χ4v) is 3.47. The molecule has 3 rings (SSSR count). The summed E-state index contributed by atoms with van der Waals surface area (Å²) in [6, 6.07) is 9.23. The third-order valence-corrected chi connectivity index (χ3v) is 5.65. The maximum absolute atomic E-state index is 12.5. The molecule has 0 bridgehead atoms. The van der Waals surface area contributed by atoms with Crippen LogP contribution >= 0.6 is 0 Å². The molecular weight excluding hydrogens is 360 g/mol. The maximum Gasteiger partial charge on any atom is 0.255 e. The van der Waals surface area contributed by atoms with Crippen LogP contribution in [0.25, 0.3) is 0 Å². The van der Waals surface area contributed by atoms with Gasteiger partial charge in [-0.05, 0) is 36.4 Å². The van der Waals surface area contributed by atoms with E-state index in [0.717, 1.165) is 4.31 Å². The highest BCUT2D eigenvalue weighted by molar-refractivity contribution is 7.89. The average molecular weight is 378 g/mol. The van der Waals surface area contributed by atoms with E-state index in [9.17, 15) is 13.2 Å². The van der Waals surface area contributed by atoms with Crippen LogP contribution < -0.4 is 19.5 Å². The van der Waals surface area contributed by atoms with Gasteiger partial charge in [-0.25, -0.2) is 12.7 Å². The van der Waals surface area contributed by atoms with Crippen LogP contribution in [-0.4, -0.2) is 46.6 Å². The Hall–Kier alpha value is -2.78. The van der Waals surface area contributed by atoms with Gasteiger partial charge in [0.05, 0.1) is 7.11 Å². The number of amides is 1. The molecule has 1 N–H and O–H groups in total. The second kappa shape index (κ2) is 6.85. The zero-order valence-electron chi connectivity index (χ0n) is 14.5. The minimum atomic E-state index is -3.73. The first-order valence-corrected chi connectivity index (χ1v) is 9.08. The monoisotopic (exact) mass is 378 g/mol. The van der Waals surface area contributed by atoms with Crippen molar-refractivity contribution in [1.29, 1.82) is 0 Å². The molecule has 1 heterocycles. The number of nitrogens with one attached hydrogen (secondary N) is 1. The third-order valence-electron chi connectivity index (χ3n) is 3.81. The molecule has 2 aromatic carbocycles. The van der Waals surface area contributed by atoms with Crippen LogP contribution in [0.15, 0.2) is 41.3 Å². The average Bonchev–Trinajstić information content (AvgIpc) is 3.09. The van der Waals surface area contributed by atoms with Crippen LogP contribution in [0.4, 0.5) is 5.69 Å². The van der Waals surface area contributed by atoms with E-state index in [2.05, 4.69) is 5.32 Å². The van der Waals surface area contributed by atoms with Crippen molar-refractivity contribution in [2.24, 2.45) is 0 Å². The van der Waals surface area contributed by atoms with E-state index in [4.69, 9.17) is 14.2 Å². The molecule has 0 aromatic heterocycles. The quantitative estimate of drug-likeness (QED) is 0.854. The second-order valence-electron chi connectivity index (χ2n) is 5.68. The SMILES string of the molecule is COc1ccc(NC(=O)c2ccc3c(c2)OCO3)cc1S(=O)(=O)N(C)C. The fraction of sp³-hybridized carbons (Fsp3) is 0.235. The lowest BCUT2D eigenvalue weighted by Gasteiger charge is -2.16. The first-order chi connectivity index (χ1) is 12.3. The van der Waals surface area contributed by atoms with Crippen LogP contribution in [0, 0.1) is 0 Å². The number of benzene rings is 2. The lowest BCUT2D eigenvalue weighted by atomic mass is 10.2. The van der Waals surface area contributed by atoms with Crippen LogP contribution in [0.3, 0.4) is 0 Å². The fourth-order valence-electron chi connectivity index (χ4n) is 2.39. The Morgan fingerprint density at radius 1 is 1.12 bits per heavy atom. The van der Waals surface area contributed by atoms with Gasteiger partial charge in [0.25, 0.3) is 5.91 Å². The second-order valence-corrected chi connectivity index (χ2v) is 7.80. The van der Waals surface area contributed by atoms with E-state index in [-0.39, 0.29) is 17.4 Å². The van der Waals surface area contributed by atoms with Gasteiger partial charge in [0.1, 0.15) is 10.6 Å². The molecule has 1 amide bonds. The molecule has 0 unspecified atom stereocenters. The summed E-state index contributed by atoms with van der Waals surface area (Å²) in [6.07, 6.45) is 0. The predicted octanol–water partition coefficient (Wildman–Crippen LogP) is 1.93. The van der Waals surface area contributed by atoms with Crippen molar-refractivity contribution < 1.29 is 27.4 Å². The van der Waals surface area contributed by atoms with Crippen LogP contribution in [-0.2, 0) is 10.0 Å². The number of ether oxygens (including phenoxy) is 3. The first kappa shape index (κ1) is 18.0. The molecule has 0 saturated heterocycles. The van der Waals surface area contributed by atoms with Gasteiger partial charge in [-0.2, -0.15) is 0 Å². The molecule has 0 saturated carbocycles. The molecule has 0 radical (unpaired) electrons. The third kappa shape index (κ3) is 3.31. The van der Waals surface area contributed by atoms with Gasteiger partial charge < -0.3 is 19.5 Å². The molecule has 9 heteroatoms. The summed E-state index contributed by atoms with van der Waals surface area (Å²) in [5.74, 6) is 0.857. The smallest absolute Gasteiger partial charge is 0.255 e. The standard InChI is InChI=1S/C17H18N2O6S/c1-19(2)26(21,22)16-9-12(5-7-14(16)23-3)18-17(20)11-4-6-13-15(8-11)25-10-24-13/h4-9H,10H2,1-3H3,(H,18,20). The maximum atomic E-state index is 12.5. The lowest BCUT2D eigenvalue weighted by molar-refractivity contribution is 0.102. The van der Waals surface area contributed by atoms with E-state index < -0.39 is 15.9 Å². The highest BCUT2D eigenvalue weighted by Crippen LogP contribution is 2.33. The number of hydrogen-bond acceptors (Lipinski definition) is 6. The summed E-state index contributed by atoms with van der Waals surface area (Å²) in [4.78, 5) is 12.4. The summed E-state index contributed by atoms with van der Waals surface area (Å²) in [5, 5.41) is 2.68. The summed E-state index contributed by atoms with van der Waals surface area (Å²) in [7, 11) is 0.500. The van der Waals surface area contributed by atoms with Gasteiger partial charge >= 0.3 is 0 Å². The lowest BCUT2D eigenvalue weighted by Crippen LogP contribution is -2.23. The van der Waals surface area contributed by atoms with Crippen molar-refractivity contribution >= 4 is 21.6 Å². The normalized spacial score (nSPS) is 12.9. The minimum absolute atomic E-state index is 0.0338. The molecule has 138 valence electrons. The summed E-state index contributed by atoms with van der Waals surface area (Å²) < 4.78 is 41.6. The van der Waals surface area contributed by atoms with Crippen molar-refractivity contribution in [1.82, 2.24) is 4.31 Å². The van der Waals surface area contributed by atoms with Gasteiger partial charge in [-0.3, -0.25) is 4.79 Å². The van der Waals surface area contributed by atoms with Gasteiger partial charge in [-0.15, -0.1) is 0 Å². The molecule has 1 aliphatic heterocycles. The molecular formula is C17H18N2O6S. The molecule has 0 spiro atoms. The Labute approximate surface area is 151 Å². The minimum Gasteiger partial charge on any atom is -0.495 e. The summed E-state index contributed by atoms with van der Waals surface area (Å²) in [5.41, 5.74) is 0.691. The van der Waals surface area contributed by atoms with E-state index in [1.807, 2.05) is 0 Å². The number of anilines is 1. The summed E-state index contributed by atoms with van der Waals surface area (Å²) in [6.45, 7) is 0.116. The Morgan fingerprint density at radius 3 is 2.54 bits per heavy atom. The number of hydrogen-bond donors (Lipinski definition) is 1. The van der Waals surface area contributed by atoms with Crippen molar-refractivity contribution in [3.05, 3.63) is 42.0 Å². The van der Waals surface area contributed by atoms with E-state index >= 15 is 0 Å². The van der Waals surface area contributed by atoms with Crippen molar-refractivity contribution in [3.63, 3.8) is 0 Å². The summed E-state index contributed by atoms with van der Waals surface area (Å²) >= 11 is 0. The number of methoxy groups -OCH3 is 1. The number of sulfonamides is 1. The van der Waals surface area contributed by atoms with E-state index in [1.54, 1.807) is 24.3 Å². The molecule has 26 heavy (non-hydrogen) atoms. The number of fused-ring (bicyclic) bond motifs is 1. The van der Waals surface area contributed by atoms with Gasteiger partial charge in [0.15, 0.2) is 11.5 Å². The van der Waals surface area contributed by atoms with Crippen LogP contribution in [0.2, 0.25) is 0 Å². The molecule has 0 atom stereocenters. The number of nitrogens with zero attached hydrogens (tertiary/aromatic N) is 1. The number of carbonyl (C=O) groups excluding carboxylic acids is 1. The van der Waals surface area contributed by atoms with Crippen molar-refractivity contribution in [2.45, 2.75) is 4.90 Å². The Balaban J connectivity index is 1.89. The van der Waals surface area contributed by atoms with Crippen molar-refractivity contribution in [2.75, 3.05) is 33.3 Å². The van der Waals surface area contributed by atoms with Gasteiger partial charge in [0.2, 0.25) is 16.8 Å². The topological polar surface area (TPSA) is 94.2 Å². The van der Waals surface area contributed by atoms with Gasteiger partial charge in [0, 0.05) is 25.3 Å². The first-order valence-electron chi connectivity index (χ1n) is 7.64. The van der Waals surface area contributed by atoms with Crippen LogP contribution in [0.1, 0.15) is 10.4 Å². The van der Waals surface area contributed by atoms with Crippen LogP contribution in [0.5, 0.6) is 17.2 Å². The molecule has 0 aliphatic carbocycles. The van der Waals surface area contributed by atoms with E-state index in [0.29, 0.717) is 22.7 Å². The highest BCUT2D eigenvalue weighted by Gasteiger charge is 2.23. The molecule has 8 nitrogen and oxygen atoms in total. The Bertz CT molecular complexity index is 956. The number of rotatable bonds is 5. The number of carbonyl (C=O) groups is 1. The molecule has 0 fully saturated rings. The van der Waals surface area contributed by atoms with Gasteiger partial charge in [-0.1, -0.05) is 0 Å². The van der Waals surface area contributed by atoms with E-state index in [1.165, 1.54) is 33.3 Å². The largest absolute Gasteiger partial charge is 0.495 e. The van der Waals surface area contributed by atoms with Crippen molar-refractivity contribution in [3.8, 4) is 17.2 Å². The predicted molar refractivity (Wildman–Crippen MR) is 94.4 cm³/mol. The Morgan fingerprint density at radius 2 is 1.85 bits per heavy atom.